The third-order valence-electron chi connectivity index (χ3n) is 9.33. The van der Waals surface area contributed by atoms with Crippen LogP contribution in [0.4, 0.5) is 4.39 Å². The van der Waals surface area contributed by atoms with Crippen molar-refractivity contribution in [3.8, 4) is 5.75 Å². The topological polar surface area (TPSA) is 9.23 Å². The Morgan fingerprint density at radius 1 is 0.781 bits per heavy atom. The fraction of sp³-hybridized carbons (Fsp3) is 0.793. The van der Waals surface area contributed by atoms with Gasteiger partial charge >= 0.3 is 0 Å². The monoisotopic (exact) mass is 462 g/mol. The summed E-state index contributed by atoms with van der Waals surface area (Å²) in [6.45, 7) is 4.74. The second-order valence-electron chi connectivity index (χ2n) is 11.1. The summed E-state index contributed by atoms with van der Waals surface area (Å²) in [4.78, 5) is 0. The molecule has 0 aromatic heterocycles. The summed E-state index contributed by atoms with van der Waals surface area (Å²) < 4.78 is 20.3. The van der Waals surface area contributed by atoms with Crippen molar-refractivity contribution in [2.45, 2.75) is 110 Å². The zero-order valence-corrected chi connectivity index (χ0v) is 21.1. The first-order valence-corrected chi connectivity index (χ1v) is 14.1. The van der Waals surface area contributed by atoms with Crippen molar-refractivity contribution in [1.82, 2.24) is 0 Å². The summed E-state index contributed by atoms with van der Waals surface area (Å²) in [5.41, 5.74) is 0.805. The Kier molecular flexibility index (Phi) is 8.82. The lowest BCUT2D eigenvalue weighted by Gasteiger charge is -2.41. The molecule has 3 fully saturated rings. The minimum atomic E-state index is -0.254. The molecule has 0 aliphatic heterocycles. The molecule has 3 heteroatoms. The van der Waals surface area contributed by atoms with Crippen LogP contribution < -0.4 is 4.74 Å². The van der Waals surface area contributed by atoms with Crippen LogP contribution in [0.15, 0.2) is 12.1 Å². The molecule has 0 spiro atoms. The maximum absolute atomic E-state index is 14.9. The van der Waals surface area contributed by atoms with Gasteiger partial charge in [-0.3, -0.25) is 0 Å². The third-order valence-corrected chi connectivity index (χ3v) is 9.68. The number of ether oxygens (including phenoxy) is 1. The number of hydrogen-bond acceptors (Lipinski definition) is 1. The van der Waals surface area contributed by atoms with E-state index in [1.165, 1.54) is 77.0 Å². The molecular weight excluding hydrogens is 419 g/mol. The summed E-state index contributed by atoms with van der Waals surface area (Å²) in [5, 5.41) is 0.161. The van der Waals surface area contributed by atoms with Crippen molar-refractivity contribution in [2.75, 3.05) is 6.61 Å². The highest BCUT2D eigenvalue weighted by atomic mass is 35.5. The molecular formula is C29H44ClFO. The molecule has 180 valence electrons. The third kappa shape index (κ3) is 5.65. The number of halogens is 2. The number of benzene rings is 1. The van der Waals surface area contributed by atoms with E-state index < -0.39 is 0 Å². The van der Waals surface area contributed by atoms with Gasteiger partial charge in [0.2, 0.25) is 0 Å². The predicted octanol–water partition coefficient (Wildman–Crippen LogP) is 9.56. The summed E-state index contributed by atoms with van der Waals surface area (Å²) in [6, 6.07) is 3.77. The normalized spacial score (nSPS) is 33.8. The van der Waals surface area contributed by atoms with Crippen molar-refractivity contribution < 1.29 is 9.13 Å². The van der Waals surface area contributed by atoms with Gasteiger partial charge in [0.15, 0.2) is 0 Å². The molecule has 0 atom stereocenters. The lowest BCUT2D eigenvalue weighted by Crippen LogP contribution is -2.29. The molecule has 1 nitrogen and oxygen atoms in total. The highest BCUT2D eigenvalue weighted by molar-refractivity contribution is 6.32. The Hall–Kier alpha value is -0.760. The van der Waals surface area contributed by atoms with Crippen LogP contribution >= 0.6 is 11.6 Å². The molecule has 3 aliphatic carbocycles. The maximum Gasteiger partial charge on any atom is 0.149 e. The molecule has 4 rings (SSSR count). The highest BCUT2D eigenvalue weighted by Gasteiger charge is 2.35. The van der Waals surface area contributed by atoms with Gasteiger partial charge in [-0.15, -0.1) is 0 Å². The molecule has 0 bridgehead atoms. The molecule has 3 aliphatic rings. The van der Waals surface area contributed by atoms with Crippen molar-refractivity contribution in [3.63, 3.8) is 0 Å². The summed E-state index contributed by atoms with van der Waals surface area (Å²) in [5.74, 6) is 5.35. The Balaban J connectivity index is 1.23. The molecule has 3 saturated carbocycles. The van der Waals surface area contributed by atoms with E-state index in [0.29, 0.717) is 18.3 Å². The lowest BCUT2D eigenvalue weighted by atomic mass is 9.64. The fourth-order valence-electron chi connectivity index (χ4n) is 7.47. The van der Waals surface area contributed by atoms with E-state index >= 15 is 0 Å². The van der Waals surface area contributed by atoms with Crippen molar-refractivity contribution in [3.05, 3.63) is 28.5 Å². The molecule has 0 unspecified atom stereocenters. The van der Waals surface area contributed by atoms with Gasteiger partial charge < -0.3 is 4.74 Å². The molecule has 32 heavy (non-hydrogen) atoms. The summed E-state index contributed by atoms with van der Waals surface area (Å²) in [6.07, 6.45) is 19.4. The van der Waals surface area contributed by atoms with E-state index in [1.807, 2.05) is 19.1 Å². The second kappa shape index (κ2) is 11.6. The van der Waals surface area contributed by atoms with Crippen LogP contribution in [-0.4, -0.2) is 6.61 Å². The molecule has 0 N–H and O–H groups in total. The SMILES string of the molecule is CCCC1CCC(C2CCC(C3CCC(c4ccc(OCC)c(Cl)c4F)CC3)CC2)CC1. The van der Waals surface area contributed by atoms with E-state index in [0.717, 1.165) is 48.0 Å². The van der Waals surface area contributed by atoms with Gasteiger partial charge in [0, 0.05) is 0 Å². The van der Waals surface area contributed by atoms with Gasteiger partial charge in [-0.1, -0.05) is 50.3 Å². The largest absolute Gasteiger partial charge is 0.492 e. The van der Waals surface area contributed by atoms with Crippen LogP contribution in [0.3, 0.4) is 0 Å². The molecule has 0 heterocycles. The lowest BCUT2D eigenvalue weighted by molar-refractivity contribution is 0.108. The highest BCUT2D eigenvalue weighted by Crippen LogP contribution is 2.48. The predicted molar refractivity (Wildman–Crippen MR) is 133 cm³/mol. The van der Waals surface area contributed by atoms with E-state index in [4.69, 9.17) is 16.3 Å². The van der Waals surface area contributed by atoms with Gasteiger partial charge in [-0.25, -0.2) is 4.39 Å². The van der Waals surface area contributed by atoms with Crippen LogP contribution in [0.5, 0.6) is 5.75 Å². The second-order valence-corrected chi connectivity index (χ2v) is 11.4. The van der Waals surface area contributed by atoms with E-state index in [1.54, 1.807) is 0 Å². The molecule has 0 radical (unpaired) electrons. The zero-order chi connectivity index (χ0) is 22.5. The van der Waals surface area contributed by atoms with Crippen LogP contribution in [0.25, 0.3) is 0 Å². The Morgan fingerprint density at radius 3 is 1.78 bits per heavy atom. The van der Waals surface area contributed by atoms with Gasteiger partial charge in [0.1, 0.15) is 16.6 Å². The van der Waals surface area contributed by atoms with E-state index in [2.05, 4.69) is 6.92 Å². The first kappa shape index (κ1) is 24.4. The van der Waals surface area contributed by atoms with Gasteiger partial charge in [-0.05, 0) is 118 Å². The first-order valence-electron chi connectivity index (χ1n) is 13.7. The molecule has 1 aromatic rings. The molecule has 0 saturated heterocycles. The quantitative estimate of drug-likeness (QED) is 0.391. The number of rotatable bonds is 7. The van der Waals surface area contributed by atoms with Crippen molar-refractivity contribution in [2.24, 2.45) is 29.6 Å². The minimum Gasteiger partial charge on any atom is -0.492 e. The Labute approximate surface area is 200 Å². The number of hydrogen-bond donors (Lipinski definition) is 0. The first-order chi connectivity index (χ1) is 15.6. The average Bonchev–Trinajstić information content (AvgIpc) is 2.83. The Morgan fingerprint density at radius 2 is 1.28 bits per heavy atom. The van der Waals surface area contributed by atoms with Gasteiger partial charge in [0.05, 0.1) is 6.61 Å². The standard InChI is InChI=1S/C29H44ClFO/c1-3-5-20-6-8-21(9-7-20)22-10-12-23(13-11-22)24-14-16-25(17-15-24)26-18-19-27(32-4-2)28(30)29(26)31/h18-25H,3-17H2,1-2H3. The molecule has 0 amide bonds. The summed E-state index contributed by atoms with van der Waals surface area (Å²) in [7, 11) is 0. The van der Waals surface area contributed by atoms with Crippen LogP contribution in [-0.2, 0) is 0 Å². The summed E-state index contributed by atoms with van der Waals surface area (Å²) >= 11 is 6.25. The van der Waals surface area contributed by atoms with E-state index in [-0.39, 0.29) is 10.8 Å². The van der Waals surface area contributed by atoms with Crippen molar-refractivity contribution >= 4 is 11.6 Å². The zero-order valence-electron chi connectivity index (χ0n) is 20.4. The molecule has 1 aromatic carbocycles. The minimum absolute atomic E-state index is 0.161. The van der Waals surface area contributed by atoms with Gasteiger partial charge in [0.25, 0.3) is 0 Å². The van der Waals surface area contributed by atoms with Gasteiger partial charge in [-0.2, -0.15) is 0 Å². The van der Waals surface area contributed by atoms with E-state index in [9.17, 15) is 4.39 Å². The average molecular weight is 463 g/mol. The van der Waals surface area contributed by atoms with Crippen molar-refractivity contribution in [1.29, 1.82) is 0 Å². The maximum atomic E-state index is 14.9. The van der Waals surface area contributed by atoms with Crippen LogP contribution in [0, 0.1) is 35.4 Å². The smallest absolute Gasteiger partial charge is 0.149 e. The van der Waals surface area contributed by atoms with Crippen LogP contribution in [0.1, 0.15) is 115 Å². The Bertz CT molecular complexity index is 710. The fourth-order valence-corrected chi connectivity index (χ4v) is 7.70. The van der Waals surface area contributed by atoms with Crippen LogP contribution in [0.2, 0.25) is 5.02 Å².